The summed E-state index contributed by atoms with van der Waals surface area (Å²) >= 11 is 0. The predicted octanol–water partition coefficient (Wildman–Crippen LogP) is 4.31. The van der Waals surface area contributed by atoms with Gasteiger partial charge in [0.25, 0.3) is 0 Å². The van der Waals surface area contributed by atoms with Gasteiger partial charge in [-0.25, -0.2) is 4.98 Å². The van der Waals surface area contributed by atoms with Crippen LogP contribution in [-0.2, 0) is 0 Å². The Balaban J connectivity index is 1.87. The number of nitrogens with one attached hydrogen (secondary N) is 1. The van der Waals surface area contributed by atoms with Crippen molar-refractivity contribution in [2.75, 3.05) is 16.8 Å². The molecule has 2 aliphatic heterocycles. The molecule has 0 spiro atoms. The van der Waals surface area contributed by atoms with E-state index in [-0.39, 0.29) is 6.04 Å². The summed E-state index contributed by atoms with van der Waals surface area (Å²) in [6, 6.07) is 0.289. The zero-order valence-electron chi connectivity index (χ0n) is 14.1. The number of hydrogen-bond acceptors (Lipinski definition) is 4. The van der Waals surface area contributed by atoms with Gasteiger partial charge in [0, 0.05) is 24.0 Å². The van der Waals surface area contributed by atoms with E-state index < -0.39 is 0 Å². The molecule has 3 heterocycles. The molecule has 120 valence electrons. The van der Waals surface area contributed by atoms with Crippen molar-refractivity contribution < 1.29 is 0 Å². The fourth-order valence-electron chi connectivity index (χ4n) is 2.89. The summed E-state index contributed by atoms with van der Waals surface area (Å²) in [5, 5.41) is 3.35. The Labute approximate surface area is 138 Å². The number of aromatic nitrogens is 2. The third-order valence-corrected chi connectivity index (χ3v) is 4.23. The average Bonchev–Trinajstić information content (AvgIpc) is 2.93. The summed E-state index contributed by atoms with van der Waals surface area (Å²) < 4.78 is 0. The molecular formula is C19H24N4. The lowest BCUT2D eigenvalue weighted by molar-refractivity contribution is 0.846. The number of rotatable bonds is 4. The van der Waals surface area contributed by atoms with E-state index in [1.54, 1.807) is 0 Å². The largest absolute Gasteiger partial charge is 0.345 e. The van der Waals surface area contributed by atoms with Crippen LogP contribution in [0.25, 0.3) is 6.08 Å². The second-order valence-corrected chi connectivity index (χ2v) is 6.29. The standard InChI is InChI=1S/C19H24N4/c1-5-16(8-6-13(2)3)21-19-20-12-15-7-9-17-14(4)10-11-23(17)18(15)22-19/h6-9,12,17H,4-5,10-11H2,1-3H3,(H,20,21,22)/b16-8+. The summed E-state index contributed by atoms with van der Waals surface area (Å²) in [5.74, 6) is 1.66. The maximum Gasteiger partial charge on any atom is 0.228 e. The van der Waals surface area contributed by atoms with Crippen molar-refractivity contribution in [3.8, 4) is 0 Å². The zero-order valence-corrected chi connectivity index (χ0v) is 14.1. The molecule has 0 radical (unpaired) electrons. The molecule has 1 unspecified atom stereocenters. The minimum Gasteiger partial charge on any atom is -0.345 e. The maximum atomic E-state index is 4.76. The molecule has 1 fully saturated rings. The van der Waals surface area contributed by atoms with Gasteiger partial charge in [-0.05, 0) is 38.3 Å². The molecule has 1 aromatic rings. The van der Waals surface area contributed by atoms with Crippen LogP contribution in [0.3, 0.4) is 0 Å². The van der Waals surface area contributed by atoms with Crippen LogP contribution < -0.4 is 10.2 Å². The molecule has 0 bridgehead atoms. The molecule has 0 aromatic carbocycles. The Morgan fingerprint density at radius 1 is 1.43 bits per heavy atom. The normalized spacial score (nSPS) is 19.4. The van der Waals surface area contributed by atoms with Gasteiger partial charge < -0.3 is 10.2 Å². The van der Waals surface area contributed by atoms with Gasteiger partial charge in [-0.3, -0.25) is 0 Å². The van der Waals surface area contributed by atoms with Crippen molar-refractivity contribution in [3.63, 3.8) is 0 Å². The smallest absolute Gasteiger partial charge is 0.228 e. The topological polar surface area (TPSA) is 41.1 Å². The lowest BCUT2D eigenvalue weighted by Crippen LogP contribution is -2.31. The molecule has 23 heavy (non-hydrogen) atoms. The highest BCUT2D eigenvalue weighted by Gasteiger charge is 2.31. The molecular weight excluding hydrogens is 284 g/mol. The Kier molecular flexibility index (Phi) is 4.33. The fourth-order valence-corrected chi connectivity index (χ4v) is 2.89. The van der Waals surface area contributed by atoms with Crippen LogP contribution in [0.2, 0.25) is 0 Å². The van der Waals surface area contributed by atoms with Crippen molar-refractivity contribution in [2.24, 2.45) is 0 Å². The van der Waals surface area contributed by atoms with Crippen LogP contribution in [0.4, 0.5) is 11.8 Å². The van der Waals surface area contributed by atoms with Crippen LogP contribution in [0, 0.1) is 0 Å². The van der Waals surface area contributed by atoms with Gasteiger partial charge in [0.15, 0.2) is 0 Å². The first kappa shape index (κ1) is 15.5. The quantitative estimate of drug-likeness (QED) is 0.664. The molecule has 2 aliphatic rings. The fraction of sp³-hybridized carbons (Fsp3) is 0.368. The Hall–Kier alpha value is -2.36. The maximum absolute atomic E-state index is 4.76. The third-order valence-electron chi connectivity index (χ3n) is 4.23. The number of allylic oxidation sites excluding steroid dienone is 4. The van der Waals surface area contributed by atoms with Crippen molar-refractivity contribution in [3.05, 3.63) is 53.4 Å². The number of nitrogens with zero attached hydrogens (tertiary/aromatic N) is 3. The molecule has 0 amide bonds. The van der Waals surface area contributed by atoms with E-state index in [1.165, 1.54) is 11.1 Å². The van der Waals surface area contributed by atoms with Gasteiger partial charge >= 0.3 is 0 Å². The summed E-state index contributed by atoms with van der Waals surface area (Å²) in [4.78, 5) is 11.5. The molecule has 0 aliphatic carbocycles. The Morgan fingerprint density at radius 2 is 2.26 bits per heavy atom. The zero-order chi connectivity index (χ0) is 16.4. The molecule has 1 aromatic heterocycles. The van der Waals surface area contributed by atoms with Gasteiger partial charge in [-0.2, -0.15) is 4.98 Å². The first-order valence-electron chi connectivity index (χ1n) is 8.19. The third kappa shape index (κ3) is 3.21. The summed E-state index contributed by atoms with van der Waals surface area (Å²) in [7, 11) is 0. The predicted molar refractivity (Wildman–Crippen MR) is 97.4 cm³/mol. The number of fused-ring (bicyclic) bond motifs is 3. The molecule has 1 N–H and O–H groups in total. The minimum atomic E-state index is 0.289. The second-order valence-electron chi connectivity index (χ2n) is 6.29. The Bertz CT molecular complexity index is 708. The molecule has 4 heteroatoms. The van der Waals surface area contributed by atoms with Crippen LogP contribution in [0.15, 0.2) is 47.8 Å². The van der Waals surface area contributed by atoms with Crippen LogP contribution in [0.5, 0.6) is 0 Å². The summed E-state index contributed by atoms with van der Waals surface area (Å²) in [6.45, 7) is 11.4. The highest BCUT2D eigenvalue weighted by molar-refractivity contribution is 5.72. The minimum absolute atomic E-state index is 0.289. The second kappa shape index (κ2) is 6.41. The van der Waals surface area contributed by atoms with Crippen molar-refractivity contribution in [1.82, 2.24) is 9.97 Å². The Morgan fingerprint density at radius 3 is 3.00 bits per heavy atom. The highest BCUT2D eigenvalue weighted by atomic mass is 15.3. The van der Waals surface area contributed by atoms with Gasteiger partial charge in [0.1, 0.15) is 5.82 Å². The van der Waals surface area contributed by atoms with Gasteiger partial charge in [-0.1, -0.05) is 37.3 Å². The van der Waals surface area contributed by atoms with Gasteiger partial charge in [0.2, 0.25) is 5.95 Å². The van der Waals surface area contributed by atoms with Crippen LogP contribution >= 0.6 is 0 Å². The number of anilines is 2. The summed E-state index contributed by atoms with van der Waals surface area (Å²) in [6.07, 6.45) is 12.3. The molecule has 1 saturated heterocycles. The lowest BCUT2D eigenvalue weighted by Gasteiger charge is -2.28. The summed E-state index contributed by atoms with van der Waals surface area (Å²) in [5.41, 5.74) is 4.72. The first-order chi connectivity index (χ1) is 11.1. The van der Waals surface area contributed by atoms with Gasteiger partial charge in [-0.15, -0.1) is 0 Å². The van der Waals surface area contributed by atoms with E-state index in [0.29, 0.717) is 5.95 Å². The van der Waals surface area contributed by atoms with E-state index in [1.807, 2.05) is 6.20 Å². The van der Waals surface area contributed by atoms with Gasteiger partial charge in [0.05, 0.1) is 6.04 Å². The van der Waals surface area contributed by atoms with Crippen molar-refractivity contribution in [1.29, 1.82) is 0 Å². The monoisotopic (exact) mass is 308 g/mol. The SMILES string of the molecule is C=C1CCN2c3nc(N/C(=C/C=C(C)C)CC)ncc3C=CC12. The highest BCUT2D eigenvalue weighted by Crippen LogP contribution is 2.35. The van der Waals surface area contributed by atoms with E-state index in [2.05, 4.69) is 66.9 Å². The number of hydrogen-bond donors (Lipinski definition) is 1. The van der Waals surface area contributed by atoms with Crippen molar-refractivity contribution >= 4 is 17.8 Å². The van der Waals surface area contributed by atoms with E-state index in [4.69, 9.17) is 4.98 Å². The van der Waals surface area contributed by atoms with Crippen molar-refractivity contribution in [2.45, 2.75) is 39.7 Å². The lowest BCUT2D eigenvalue weighted by atomic mass is 10.1. The molecule has 3 rings (SSSR count). The molecule has 4 nitrogen and oxygen atoms in total. The molecule has 1 atom stereocenters. The van der Waals surface area contributed by atoms with E-state index >= 15 is 0 Å². The van der Waals surface area contributed by atoms with Crippen LogP contribution in [-0.4, -0.2) is 22.6 Å². The average molecular weight is 308 g/mol. The van der Waals surface area contributed by atoms with Crippen LogP contribution in [0.1, 0.15) is 39.2 Å². The molecule has 0 saturated carbocycles. The van der Waals surface area contributed by atoms with E-state index in [9.17, 15) is 0 Å². The first-order valence-corrected chi connectivity index (χ1v) is 8.19. The van der Waals surface area contributed by atoms with E-state index in [0.717, 1.165) is 36.5 Å².